The van der Waals surface area contributed by atoms with E-state index in [0.717, 1.165) is 5.46 Å². The summed E-state index contributed by atoms with van der Waals surface area (Å²) in [5.41, 5.74) is 4.49. The van der Waals surface area contributed by atoms with Crippen molar-refractivity contribution >= 4 is 66.6 Å². The molecule has 0 saturated carbocycles. The van der Waals surface area contributed by atoms with Crippen LogP contribution in [0.1, 0.15) is 0 Å². The minimum absolute atomic E-state index is 0.816. The molecule has 1 nitrogen and oxygen atoms in total. The van der Waals surface area contributed by atoms with E-state index in [1.54, 1.807) is 11.3 Å². The molecule has 2 radical (unpaired) electrons. The average Bonchev–Trinajstić information content (AvgIpc) is 3.22. The van der Waals surface area contributed by atoms with Crippen LogP contribution in [0.2, 0.25) is 0 Å². The summed E-state index contributed by atoms with van der Waals surface area (Å²) in [6, 6.07) is 30.2. The maximum Gasteiger partial charge on any atom is 0.113 e. The summed E-state index contributed by atoms with van der Waals surface area (Å²) in [6.07, 6.45) is 0. The van der Waals surface area contributed by atoms with Crippen molar-refractivity contribution in [2.75, 3.05) is 0 Å². The summed E-state index contributed by atoms with van der Waals surface area (Å²) < 4.78 is 4.89. The molecule has 4 aromatic carbocycles. The fourth-order valence-corrected chi connectivity index (χ4v) is 5.31. The number of nitrogens with zero attached hydrogens (tertiary/aromatic N) is 1. The van der Waals surface area contributed by atoms with Gasteiger partial charge in [-0.05, 0) is 24.3 Å². The highest BCUT2D eigenvalue weighted by atomic mass is 32.1. The van der Waals surface area contributed by atoms with Gasteiger partial charge in [-0.25, -0.2) is 0 Å². The van der Waals surface area contributed by atoms with E-state index in [2.05, 4.69) is 83.4 Å². The van der Waals surface area contributed by atoms with Gasteiger partial charge in [0, 0.05) is 36.6 Å². The van der Waals surface area contributed by atoms with E-state index in [4.69, 9.17) is 7.85 Å². The van der Waals surface area contributed by atoms with E-state index in [1.807, 2.05) is 6.07 Å². The molecule has 6 rings (SSSR count). The quantitative estimate of drug-likeness (QED) is 0.320. The number of hydrogen-bond donors (Lipinski definition) is 0. The number of benzene rings is 4. The fraction of sp³-hybridized carbons (Fsp3) is 0. The van der Waals surface area contributed by atoms with Crippen molar-refractivity contribution in [3.63, 3.8) is 0 Å². The second kappa shape index (κ2) is 5.48. The molecule has 0 aliphatic rings. The predicted octanol–water partition coefficient (Wildman–Crippen LogP) is 5.95. The summed E-state index contributed by atoms with van der Waals surface area (Å²) in [6.45, 7) is 0. The van der Waals surface area contributed by atoms with Gasteiger partial charge in [-0.3, -0.25) is 0 Å². The Morgan fingerprint density at radius 3 is 1.89 bits per heavy atom. The Bertz CT molecular complexity index is 1440. The fourth-order valence-electron chi connectivity index (χ4n) is 4.12. The number of para-hydroxylation sites is 2. The third-order valence-electron chi connectivity index (χ3n) is 5.32. The van der Waals surface area contributed by atoms with E-state index in [0.29, 0.717) is 0 Å². The summed E-state index contributed by atoms with van der Waals surface area (Å²) in [4.78, 5) is 0. The Morgan fingerprint density at radius 2 is 1.19 bits per heavy atom. The minimum atomic E-state index is 0.816. The Balaban J connectivity index is 1.71. The van der Waals surface area contributed by atoms with Crippen LogP contribution in [0.5, 0.6) is 0 Å². The van der Waals surface area contributed by atoms with Crippen LogP contribution in [-0.4, -0.2) is 12.4 Å². The van der Waals surface area contributed by atoms with Crippen molar-refractivity contribution < 1.29 is 0 Å². The molecule has 0 aliphatic carbocycles. The minimum Gasteiger partial charge on any atom is -0.309 e. The van der Waals surface area contributed by atoms with Crippen molar-refractivity contribution in [1.29, 1.82) is 0 Å². The van der Waals surface area contributed by atoms with Crippen molar-refractivity contribution in [1.82, 2.24) is 4.57 Å². The van der Waals surface area contributed by atoms with E-state index >= 15 is 0 Å². The summed E-state index contributed by atoms with van der Waals surface area (Å²) in [5.74, 6) is 0. The number of thiophene rings is 1. The zero-order valence-corrected chi connectivity index (χ0v) is 15.3. The van der Waals surface area contributed by atoms with Crippen LogP contribution in [0.15, 0.2) is 84.9 Å². The van der Waals surface area contributed by atoms with Crippen LogP contribution in [0.3, 0.4) is 0 Å². The summed E-state index contributed by atoms with van der Waals surface area (Å²) in [7, 11) is 5.98. The number of hydrogen-bond acceptors (Lipinski definition) is 1. The highest BCUT2D eigenvalue weighted by Crippen LogP contribution is 2.37. The van der Waals surface area contributed by atoms with Gasteiger partial charge in [-0.15, -0.1) is 11.3 Å². The van der Waals surface area contributed by atoms with Gasteiger partial charge in [0.1, 0.15) is 7.85 Å². The molecule has 124 valence electrons. The first-order chi connectivity index (χ1) is 13.3. The molecule has 3 heteroatoms. The molecule has 0 fully saturated rings. The summed E-state index contributed by atoms with van der Waals surface area (Å²) in [5, 5.41) is 5.15. The van der Waals surface area contributed by atoms with Crippen molar-refractivity contribution in [3.8, 4) is 5.69 Å². The van der Waals surface area contributed by atoms with E-state index < -0.39 is 0 Å². The molecule has 0 unspecified atom stereocenters. The number of rotatable bonds is 1. The Labute approximate surface area is 161 Å². The SMILES string of the molecule is [B]c1ccc2c(c1)sc1cc(-n3c4ccccc4c4ccccc43)ccc12. The van der Waals surface area contributed by atoms with Crippen LogP contribution < -0.4 is 5.46 Å². The van der Waals surface area contributed by atoms with Crippen molar-refractivity contribution in [2.24, 2.45) is 0 Å². The Hall–Kier alpha value is -3.04. The monoisotopic (exact) mass is 359 g/mol. The number of fused-ring (bicyclic) bond motifs is 6. The summed E-state index contributed by atoms with van der Waals surface area (Å²) >= 11 is 1.80. The highest BCUT2D eigenvalue weighted by Gasteiger charge is 2.13. The number of aromatic nitrogens is 1. The molecule has 0 spiro atoms. The molecule has 0 amide bonds. The van der Waals surface area contributed by atoms with Gasteiger partial charge in [0.15, 0.2) is 0 Å². The second-order valence-corrected chi connectivity index (χ2v) is 7.99. The van der Waals surface area contributed by atoms with E-state index in [1.165, 1.54) is 47.7 Å². The zero-order valence-electron chi connectivity index (χ0n) is 14.5. The van der Waals surface area contributed by atoms with Gasteiger partial charge in [0.25, 0.3) is 0 Å². The third-order valence-corrected chi connectivity index (χ3v) is 6.43. The standard InChI is InChI=1S/C24H14BNS/c25-15-9-11-19-20-12-10-16(14-24(20)27-23(19)13-15)26-21-7-3-1-5-17(21)18-6-2-4-8-22(18)26/h1-14H. The van der Waals surface area contributed by atoms with E-state index in [9.17, 15) is 0 Å². The first-order valence-electron chi connectivity index (χ1n) is 9.00. The molecule has 0 atom stereocenters. The van der Waals surface area contributed by atoms with Crippen molar-refractivity contribution in [2.45, 2.75) is 0 Å². The van der Waals surface area contributed by atoms with Gasteiger partial charge < -0.3 is 4.57 Å². The maximum atomic E-state index is 5.98. The molecule has 2 heterocycles. The molecule has 0 aliphatic heterocycles. The van der Waals surface area contributed by atoms with Crippen molar-refractivity contribution in [3.05, 3.63) is 84.9 Å². The molecule has 27 heavy (non-hydrogen) atoms. The molecule has 2 aromatic heterocycles. The highest BCUT2D eigenvalue weighted by molar-refractivity contribution is 7.25. The third kappa shape index (κ3) is 2.12. The average molecular weight is 359 g/mol. The largest absolute Gasteiger partial charge is 0.309 e. The topological polar surface area (TPSA) is 4.93 Å². The van der Waals surface area contributed by atoms with Gasteiger partial charge >= 0.3 is 0 Å². The molecule has 0 N–H and O–H groups in total. The van der Waals surface area contributed by atoms with Crippen LogP contribution in [0.25, 0.3) is 47.7 Å². The zero-order chi connectivity index (χ0) is 18.0. The smallest absolute Gasteiger partial charge is 0.113 e. The first-order valence-corrected chi connectivity index (χ1v) is 9.82. The lowest BCUT2D eigenvalue weighted by Gasteiger charge is -2.08. The van der Waals surface area contributed by atoms with Gasteiger partial charge in [0.05, 0.1) is 11.0 Å². The van der Waals surface area contributed by atoms with Gasteiger partial charge in [-0.2, -0.15) is 0 Å². The maximum absolute atomic E-state index is 5.98. The van der Waals surface area contributed by atoms with Gasteiger partial charge in [0.2, 0.25) is 0 Å². The van der Waals surface area contributed by atoms with E-state index in [-0.39, 0.29) is 0 Å². The lowest BCUT2D eigenvalue weighted by atomic mass is 9.95. The molecular weight excluding hydrogens is 345 g/mol. The van der Waals surface area contributed by atoms with Crippen LogP contribution in [-0.2, 0) is 0 Å². The Morgan fingerprint density at radius 1 is 0.593 bits per heavy atom. The first kappa shape index (κ1) is 15.1. The van der Waals surface area contributed by atoms with Crippen LogP contribution >= 0.6 is 11.3 Å². The van der Waals surface area contributed by atoms with Crippen LogP contribution in [0, 0.1) is 0 Å². The lowest BCUT2D eigenvalue weighted by molar-refractivity contribution is 1.19. The van der Waals surface area contributed by atoms with Crippen LogP contribution in [0.4, 0.5) is 0 Å². The molecular formula is C24H14BNS. The second-order valence-electron chi connectivity index (χ2n) is 6.91. The lowest BCUT2D eigenvalue weighted by Crippen LogP contribution is -1.98. The molecule has 0 bridgehead atoms. The van der Waals surface area contributed by atoms with Gasteiger partial charge in [-0.1, -0.05) is 66.1 Å². The molecule has 6 aromatic rings. The Kier molecular flexibility index (Phi) is 3.06. The molecule has 0 saturated heterocycles. The normalized spacial score (nSPS) is 11.9. The predicted molar refractivity (Wildman–Crippen MR) is 119 cm³/mol.